The van der Waals surface area contributed by atoms with Crippen LogP contribution in [0.4, 0.5) is 10.1 Å². The predicted octanol–water partition coefficient (Wildman–Crippen LogP) is 3.27. The Hall–Kier alpha value is -2.20. The minimum Gasteiger partial charge on any atom is -0.384 e. The van der Waals surface area contributed by atoms with Gasteiger partial charge in [0.25, 0.3) is 0 Å². The highest BCUT2D eigenvalue weighted by Crippen LogP contribution is 2.40. The molecule has 21 heavy (non-hydrogen) atoms. The molecule has 0 aliphatic carbocycles. The lowest BCUT2D eigenvalue weighted by Gasteiger charge is -2.17. The van der Waals surface area contributed by atoms with Crippen molar-refractivity contribution in [2.45, 2.75) is 25.9 Å². The SMILES string of the molecule is Cc1ccccc1C(O)c1cc(F)cc2c1NC(=O)C2C. The third kappa shape index (κ3) is 2.21. The fourth-order valence-corrected chi connectivity index (χ4v) is 2.79. The van der Waals surface area contributed by atoms with Crippen LogP contribution < -0.4 is 5.32 Å². The molecule has 2 aromatic carbocycles. The van der Waals surface area contributed by atoms with Gasteiger partial charge in [0, 0.05) is 5.56 Å². The molecule has 2 aromatic rings. The van der Waals surface area contributed by atoms with Crippen LogP contribution in [0, 0.1) is 12.7 Å². The smallest absolute Gasteiger partial charge is 0.231 e. The van der Waals surface area contributed by atoms with Crippen LogP contribution >= 0.6 is 0 Å². The first kappa shape index (κ1) is 13.8. The number of aliphatic hydroxyl groups is 1. The van der Waals surface area contributed by atoms with Gasteiger partial charge in [-0.2, -0.15) is 0 Å². The quantitative estimate of drug-likeness (QED) is 0.889. The second-order valence-corrected chi connectivity index (χ2v) is 5.43. The van der Waals surface area contributed by atoms with Gasteiger partial charge >= 0.3 is 0 Å². The van der Waals surface area contributed by atoms with Crippen molar-refractivity contribution >= 4 is 11.6 Å². The van der Waals surface area contributed by atoms with Crippen LogP contribution in [-0.2, 0) is 4.79 Å². The summed E-state index contributed by atoms with van der Waals surface area (Å²) in [6.07, 6.45) is -0.971. The lowest BCUT2D eigenvalue weighted by Crippen LogP contribution is -2.10. The van der Waals surface area contributed by atoms with Crippen LogP contribution in [0.5, 0.6) is 0 Å². The van der Waals surface area contributed by atoms with Crippen molar-refractivity contribution < 1.29 is 14.3 Å². The van der Waals surface area contributed by atoms with Crippen molar-refractivity contribution in [2.24, 2.45) is 0 Å². The molecule has 4 heteroatoms. The second kappa shape index (κ2) is 4.97. The van der Waals surface area contributed by atoms with Crippen LogP contribution in [0.25, 0.3) is 0 Å². The predicted molar refractivity (Wildman–Crippen MR) is 78.7 cm³/mol. The van der Waals surface area contributed by atoms with E-state index in [0.717, 1.165) is 5.56 Å². The van der Waals surface area contributed by atoms with E-state index >= 15 is 0 Å². The van der Waals surface area contributed by atoms with E-state index in [1.165, 1.54) is 12.1 Å². The van der Waals surface area contributed by atoms with E-state index in [2.05, 4.69) is 5.32 Å². The molecule has 2 atom stereocenters. The van der Waals surface area contributed by atoms with Crippen LogP contribution in [-0.4, -0.2) is 11.0 Å². The van der Waals surface area contributed by atoms with Crippen LogP contribution in [0.15, 0.2) is 36.4 Å². The van der Waals surface area contributed by atoms with Crippen LogP contribution in [0.2, 0.25) is 0 Å². The van der Waals surface area contributed by atoms with Gasteiger partial charge in [0.2, 0.25) is 5.91 Å². The number of hydrogen-bond donors (Lipinski definition) is 2. The molecule has 2 N–H and O–H groups in total. The van der Waals surface area contributed by atoms with E-state index in [1.807, 2.05) is 25.1 Å². The molecule has 3 rings (SSSR count). The highest BCUT2D eigenvalue weighted by Gasteiger charge is 2.31. The van der Waals surface area contributed by atoms with Gasteiger partial charge in [-0.25, -0.2) is 4.39 Å². The van der Waals surface area contributed by atoms with Gasteiger partial charge in [-0.1, -0.05) is 24.3 Å². The Morgan fingerprint density at radius 1 is 1.24 bits per heavy atom. The van der Waals surface area contributed by atoms with E-state index in [1.54, 1.807) is 13.0 Å². The Bertz CT molecular complexity index is 727. The van der Waals surface area contributed by atoms with Crippen molar-refractivity contribution in [1.29, 1.82) is 0 Å². The fourth-order valence-electron chi connectivity index (χ4n) is 2.79. The standard InChI is InChI=1S/C17H16FNO2/c1-9-5-3-4-6-12(9)16(20)14-8-11(18)7-13-10(2)17(21)19-15(13)14/h3-8,10,16,20H,1-2H3,(H,19,21). The maximum atomic E-state index is 13.8. The Labute approximate surface area is 122 Å². The molecule has 2 unspecified atom stereocenters. The number of fused-ring (bicyclic) bond motifs is 1. The average Bonchev–Trinajstić information content (AvgIpc) is 2.74. The molecular weight excluding hydrogens is 269 g/mol. The number of carbonyl (C=O) groups is 1. The number of amides is 1. The number of benzene rings is 2. The molecule has 0 fully saturated rings. The second-order valence-electron chi connectivity index (χ2n) is 5.43. The number of aliphatic hydroxyl groups excluding tert-OH is 1. The van der Waals surface area contributed by atoms with Crippen molar-refractivity contribution in [3.05, 3.63) is 64.5 Å². The van der Waals surface area contributed by atoms with Gasteiger partial charge in [-0.15, -0.1) is 0 Å². The number of anilines is 1. The van der Waals surface area contributed by atoms with E-state index in [9.17, 15) is 14.3 Å². The van der Waals surface area contributed by atoms with E-state index in [0.29, 0.717) is 22.4 Å². The summed E-state index contributed by atoms with van der Waals surface area (Å²) in [6, 6.07) is 10.0. The third-order valence-electron chi connectivity index (χ3n) is 4.05. The summed E-state index contributed by atoms with van der Waals surface area (Å²) in [7, 11) is 0. The molecule has 1 aliphatic rings. The lowest BCUT2D eigenvalue weighted by molar-refractivity contribution is -0.116. The highest BCUT2D eigenvalue weighted by atomic mass is 19.1. The minimum atomic E-state index is -0.971. The van der Waals surface area contributed by atoms with Crippen molar-refractivity contribution in [1.82, 2.24) is 0 Å². The Morgan fingerprint density at radius 3 is 2.67 bits per heavy atom. The highest BCUT2D eigenvalue weighted by molar-refractivity contribution is 6.03. The molecular formula is C17H16FNO2. The van der Waals surface area contributed by atoms with Gasteiger partial charge in [0.05, 0.1) is 11.6 Å². The normalized spacial score (nSPS) is 18.3. The summed E-state index contributed by atoms with van der Waals surface area (Å²) < 4.78 is 13.8. The number of rotatable bonds is 2. The number of nitrogens with one attached hydrogen (secondary N) is 1. The number of carbonyl (C=O) groups excluding carboxylic acids is 1. The molecule has 1 amide bonds. The topological polar surface area (TPSA) is 49.3 Å². The van der Waals surface area contributed by atoms with Crippen molar-refractivity contribution in [2.75, 3.05) is 5.32 Å². The largest absolute Gasteiger partial charge is 0.384 e. The summed E-state index contributed by atoms with van der Waals surface area (Å²) in [5.41, 5.74) is 3.16. The van der Waals surface area contributed by atoms with Crippen molar-refractivity contribution in [3.8, 4) is 0 Å². The van der Waals surface area contributed by atoms with Crippen molar-refractivity contribution in [3.63, 3.8) is 0 Å². The van der Waals surface area contributed by atoms with E-state index in [-0.39, 0.29) is 5.91 Å². The first-order chi connectivity index (χ1) is 9.99. The Kier molecular flexibility index (Phi) is 3.26. The summed E-state index contributed by atoms with van der Waals surface area (Å²) >= 11 is 0. The molecule has 1 heterocycles. The molecule has 0 radical (unpaired) electrons. The summed E-state index contributed by atoms with van der Waals surface area (Å²) in [5, 5.41) is 13.4. The summed E-state index contributed by atoms with van der Waals surface area (Å²) in [5.74, 6) is -1.02. The molecule has 0 bridgehead atoms. The minimum absolute atomic E-state index is 0.172. The van der Waals surface area contributed by atoms with Crippen LogP contribution in [0.1, 0.15) is 41.2 Å². The number of hydrogen-bond acceptors (Lipinski definition) is 2. The Morgan fingerprint density at radius 2 is 1.95 bits per heavy atom. The van der Waals surface area contributed by atoms with Gasteiger partial charge in [0.15, 0.2) is 0 Å². The molecule has 108 valence electrons. The first-order valence-electron chi connectivity index (χ1n) is 6.87. The van der Waals surface area contributed by atoms with Gasteiger partial charge in [-0.3, -0.25) is 4.79 Å². The van der Waals surface area contributed by atoms with Gasteiger partial charge in [-0.05, 0) is 42.7 Å². The maximum Gasteiger partial charge on any atom is 0.231 e. The zero-order chi connectivity index (χ0) is 15.1. The zero-order valence-electron chi connectivity index (χ0n) is 11.9. The fraction of sp³-hybridized carbons (Fsp3) is 0.235. The third-order valence-corrected chi connectivity index (χ3v) is 4.05. The monoisotopic (exact) mass is 285 g/mol. The lowest BCUT2D eigenvalue weighted by atomic mass is 9.93. The van der Waals surface area contributed by atoms with Gasteiger partial charge < -0.3 is 10.4 Å². The Balaban J connectivity index is 2.14. The summed E-state index contributed by atoms with van der Waals surface area (Å²) in [6.45, 7) is 3.61. The molecule has 0 saturated carbocycles. The molecule has 0 saturated heterocycles. The molecule has 0 aromatic heterocycles. The van der Waals surface area contributed by atoms with Crippen LogP contribution in [0.3, 0.4) is 0 Å². The first-order valence-corrected chi connectivity index (χ1v) is 6.87. The maximum absolute atomic E-state index is 13.8. The van der Waals surface area contributed by atoms with Gasteiger partial charge in [0.1, 0.15) is 11.9 Å². The zero-order valence-corrected chi connectivity index (χ0v) is 11.9. The average molecular weight is 285 g/mol. The van der Waals surface area contributed by atoms with E-state index in [4.69, 9.17) is 0 Å². The number of halogens is 1. The number of aryl methyl sites for hydroxylation is 1. The summed E-state index contributed by atoms with van der Waals surface area (Å²) in [4.78, 5) is 11.8. The molecule has 0 spiro atoms. The molecule has 3 nitrogen and oxygen atoms in total. The molecule has 1 aliphatic heterocycles. The van der Waals surface area contributed by atoms with E-state index < -0.39 is 17.8 Å².